The fourth-order valence-corrected chi connectivity index (χ4v) is 2.10. The fourth-order valence-electron chi connectivity index (χ4n) is 1.93. The summed E-state index contributed by atoms with van der Waals surface area (Å²) in [4.78, 5) is 11.6. The lowest BCUT2D eigenvalue weighted by atomic mass is 10.1. The molecular weight excluding hydrogens is 305 g/mol. The van der Waals surface area contributed by atoms with Crippen molar-refractivity contribution in [3.05, 3.63) is 64.9 Å². The average molecular weight is 322 g/mol. The molecule has 0 aliphatic rings. The number of hydrogen-bond acceptors (Lipinski definition) is 2. The van der Waals surface area contributed by atoms with Crippen molar-refractivity contribution in [2.45, 2.75) is 12.8 Å². The minimum absolute atomic E-state index is 0.0271. The van der Waals surface area contributed by atoms with Gasteiger partial charge in [-0.05, 0) is 30.5 Å². The molecule has 2 aromatic carbocycles. The summed E-state index contributed by atoms with van der Waals surface area (Å²) in [6.45, 7) is 0.467. The van der Waals surface area contributed by atoms with Crippen molar-refractivity contribution in [2.75, 3.05) is 13.2 Å². The van der Waals surface area contributed by atoms with Crippen LogP contribution in [0.2, 0.25) is 5.02 Å². The molecule has 1 amide bonds. The van der Waals surface area contributed by atoms with Crippen LogP contribution in [0.1, 0.15) is 12.0 Å². The Labute approximate surface area is 134 Å². The van der Waals surface area contributed by atoms with E-state index in [0.29, 0.717) is 12.3 Å². The Kier molecular flexibility index (Phi) is 6.22. The Morgan fingerprint density at radius 2 is 1.95 bits per heavy atom. The van der Waals surface area contributed by atoms with Crippen LogP contribution < -0.4 is 10.1 Å². The van der Waals surface area contributed by atoms with E-state index in [1.165, 1.54) is 23.8 Å². The molecule has 0 atom stereocenters. The monoisotopic (exact) mass is 321 g/mol. The topological polar surface area (TPSA) is 38.3 Å². The van der Waals surface area contributed by atoms with Crippen molar-refractivity contribution in [2.24, 2.45) is 0 Å². The van der Waals surface area contributed by atoms with Crippen LogP contribution in [-0.2, 0) is 11.2 Å². The third-order valence-electron chi connectivity index (χ3n) is 3.07. The van der Waals surface area contributed by atoms with Crippen molar-refractivity contribution in [1.82, 2.24) is 5.32 Å². The number of carbonyl (C=O) groups excluding carboxylic acids is 1. The molecule has 0 bridgehead atoms. The number of halogens is 2. The summed E-state index contributed by atoms with van der Waals surface area (Å²) in [5.41, 5.74) is 1.24. The van der Waals surface area contributed by atoms with E-state index in [1.54, 1.807) is 0 Å². The van der Waals surface area contributed by atoms with Gasteiger partial charge in [-0.15, -0.1) is 0 Å². The molecule has 0 aromatic heterocycles. The summed E-state index contributed by atoms with van der Waals surface area (Å²) in [5.74, 6) is -0.362. The predicted molar refractivity (Wildman–Crippen MR) is 84.7 cm³/mol. The summed E-state index contributed by atoms with van der Waals surface area (Å²) >= 11 is 5.63. The molecule has 0 saturated carbocycles. The molecule has 0 aliphatic carbocycles. The number of nitrogens with one attached hydrogen (secondary N) is 1. The number of carbonyl (C=O) groups is 1. The summed E-state index contributed by atoms with van der Waals surface area (Å²) in [6, 6.07) is 14.1. The normalized spacial score (nSPS) is 10.3. The molecule has 116 valence electrons. The molecule has 0 heterocycles. The van der Waals surface area contributed by atoms with Crippen molar-refractivity contribution >= 4 is 17.5 Å². The van der Waals surface area contributed by atoms with Crippen molar-refractivity contribution < 1.29 is 13.9 Å². The average Bonchev–Trinajstić information content (AvgIpc) is 2.54. The van der Waals surface area contributed by atoms with Crippen LogP contribution in [0, 0.1) is 5.82 Å². The Morgan fingerprint density at radius 3 is 2.68 bits per heavy atom. The van der Waals surface area contributed by atoms with E-state index in [4.69, 9.17) is 16.3 Å². The van der Waals surface area contributed by atoms with Crippen LogP contribution in [-0.4, -0.2) is 19.1 Å². The first-order valence-electron chi connectivity index (χ1n) is 7.03. The van der Waals surface area contributed by atoms with Gasteiger partial charge < -0.3 is 10.1 Å². The minimum atomic E-state index is -0.514. The number of ether oxygens (including phenoxy) is 1. The van der Waals surface area contributed by atoms with Crippen LogP contribution in [0.4, 0.5) is 4.39 Å². The molecule has 1 N–H and O–H groups in total. The van der Waals surface area contributed by atoms with Gasteiger partial charge in [0.2, 0.25) is 0 Å². The highest BCUT2D eigenvalue weighted by Gasteiger charge is 2.05. The lowest BCUT2D eigenvalue weighted by Crippen LogP contribution is -2.29. The van der Waals surface area contributed by atoms with Gasteiger partial charge in [0.05, 0.1) is 5.02 Å². The SMILES string of the molecule is O=C(COc1ccc(F)c(Cl)c1)NCCCc1ccccc1. The number of aryl methyl sites for hydroxylation is 1. The summed E-state index contributed by atoms with van der Waals surface area (Å²) < 4.78 is 18.2. The molecule has 2 aromatic rings. The second-order valence-electron chi connectivity index (χ2n) is 4.80. The maximum absolute atomic E-state index is 13.0. The van der Waals surface area contributed by atoms with Crippen LogP contribution in [0.5, 0.6) is 5.75 Å². The third-order valence-corrected chi connectivity index (χ3v) is 3.36. The first kappa shape index (κ1) is 16.3. The maximum atomic E-state index is 13.0. The largest absolute Gasteiger partial charge is 0.484 e. The smallest absolute Gasteiger partial charge is 0.257 e. The van der Waals surface area contributed by atoms with Crippen LogP contribution in [0.3, 0.4) is 0 Å². The van der Waals surface area contributed by atoms with E-state index in [0.717, 1.165) is 12.8 Å². The quantitative estimate of drug-likeness (QED) is 0.791. The van der Waals surface area contributed by atoms with Gasteiger partial charge in [0.25, 0.3) is 5.91 Å². The summed E-state index contributed by atoms with van der Waals surface area (Å²) in [5, 5.41) is 2.75. The number of hydrogen-bond donors (Lipinski definition) is 1. The molecule has 2 rings (SSSR count). The van der Waals surface area contributed by atoms with E-state index in [-0.39, 0.29) is 17.5 Å². The van der Waals surface area contributed by atoms with Gasteiger partial charge >= 0.3 is 0 Å². The van der Waals surface area contributed by atoms with Crippen molar-refractivity contribution in [3.63, 3.8) is 0 Å². The number of rotatable bonds is 7. The first-order valence-corrected chi connectivity index (χ1v) is 7.41. The summed E-state index contributed by atoms with van der Waals surface area (Å²) in [6.07, 6.45) is 1.77. The molecule has 0 aliphatic heterocycles. The van der Waals surface area contributed by atoms with Gasteiger partial charge in [0.1, 0.15) is 11.6 Å². The maximum Gasteiger partial charge on any atom is 0.257 e. The van der Waals surface area contributed by atoms with E-state index >= 15 is 0 Å². The van der Waals surface area contributed by atoms with E-state index < -0.39 is 5.82 Å². The summed E-state index contributed by atoms with van der Waals surface area (Å²) in [7, 11) is 0. The van der Waals surface area contributed by atoms with Gasteiger partial charge in [-0.25, -0.2) is 4.39 Å². The van der Waals surface area contributed by atoms with E-state index in [2.05, 4.69) is 17.4 Å². The molecule has 5 heteroatoms. The lowest BCUT2D eigenvalue weighted by molar-refractivity contribution is -0.123. The van der Waals surface area contributed by atoms with E-state index in [1.807, 2.05) is 18.2 Å². The van der Waals surface area contributed by atoms with Gasteiger partial charge in [-0.1, -0.05) is 41.9 Å². The molecule has 0 spiro atoms. The van der Waals surface area contributed by atoms with Gasteiger partial charge in [-0.2, -0.15) is 0 Å². The van der Waals surface area contributed by atoms with Crippen LogP contribution in [0.15, 0.2) is 48.5 Å². The fraction of sp³-hybridized carbons (Fsp3) is 0.235. The Morgan fingerprint density at radius 1 is 1.18 bits per heavy atom. The second-order valence-corrected chi connectivity index (χ2v) is 5.21. The zero-order valence-corrected chi connectivity index (χ0v) is 12.8. The minimum Gasteiger partial charge on any atom is -0.484 e. The predicted octanol–water partition coefficient (Wildman–Crippen LogP) is 3.61. The Hall–Kier alpha value is -2.07. The molecule has 3 nitrogen and oxygen atoms in total. The lowest BCUT2D eigenvalue weighted by Gasteiger charge is -2.08. The molecule has 0 unspecified atom stereocenters. The Bertz CT molecular complexity index is 619. The molecule has 22 heavy (non-hydrogen) atoms. The van der Waals surface area contributed by atoms with Crippen LogP contribution in [0.25, 0.3) is 0 Å². The van der Waals surface area contributed by atoms with Crippen molar-refractivity contribution in [3.8, 4) is 5.75 Å². The first-order chi connectivity index (χ1) is 10.6. The van der Waals surface area contributed by atoms with Crippen molar-refractivity contribution in [1.29, 1.82) is 0 Å². The highest BCUT2D eigenvalue weighted by molar-refractivity contribution is 6.30. The van der Waals surface area contributed by atoms with Gasteiger partial charge in [0.15, 0.2) is 6.61 Å². The number of benzene rings is 2. The third kappa shape index (κ3) is 5.37. The second kappa shape index (κ2) is 8.39. The molecule has 0 fully saturated rings. The zero-order valence-electron chi connectivity index (χ0n) is 12.0. The van der Waals surface area contributed by atoms with Crippen LogP contribution >= 0.6 is 11.6 Å². The number of amides is 1. The highest BCUT2D eigenvalue weighted by Crippen LogP contribution is 2.20. The Balaban J connectivity index is 1.64. The van der Waals surface area contributed by atoms with E-state index in [9.17, 15) is 9.18 Å². The highest BCUT2D eigenvalue weighted by atomic mass is 35.5. The zero-order chi connectivity index (χ0) is 15.8. The molecular formula is C17H17ClFNO2. The standard InChI is InChI=1S/C17H17ClFNO2/c18-15-11-14(8-9-16(15)19)22-12-17(21)20-10-4-7-13-5-2-1-3-6-13/h1-3,5-6,8-9,11H,4,7,10,12H2,(H,20,21). The van der Waals surface area contributed by atoms with Gasteiger partial charge in [-0.3, -0.25) is 4.79 Å². The molecule has 0 radical (unpaired) electrons. The molecule has 0 saturated heterocycles. The van der Waals surface area contributed by atoms with Gasteiger partial charge in [0, 0.05) is 12.6 Å².